The van der Waals surface area contributed by atoms with Gasteiger partial charge >= 0.3 is 5.97 Å². The van der Waals surface area contributed by atoms with Crippen molar-refractivity contribution in [1.82, 2.24) is 10.2 Å². The van der Waals surface area contributed by atoms with Crippen molar-refractivity contribution in [1.29, 1.82) is 0 Å². The standard InChI is InChI=1S/C16H24N2O3/c1-10(9-18-6-2-3-7-18)17-15(19)13-11-4-5-12(8-11)14(13)16(20)21/h4-5,10-14H,2-3,6-9H2,1H3,(H,17,19)(H,20,21). The number of aliphatic carboxylic acids is 1. The fourth-order valence-corrected chi connectivity index (χ4v) is 4.25. The largest absolute Gasteiger partial charge is 0.481 e. The lowest BCUT2D eigenvalue weighted by Crippen LogP contribution is -2.47. The fourth-order valence-electron chi connectivity index (χ4n) is 4.25. The van der Waals surface area contributed by atoms with Crippen molar-refractivity contribution in [3.63, 3.8) is 0 Å². The number of nitrogens with zero attached hydrogens (tertiary/aromatic N) is 1. The van der Waals surface area contributed by atoms with Crippen LogP contribution in [0.1, 0.15) is 26.2 Å². The predicted molar refractivity (Wildman–Crippen MR) is 78.6 cm³/mol. The first kappa shape index (κ1) is 14.6. The maximum atomic E-state index is 12.5. The van der Waals surface area contributed by atoms with Gasteiger partial charge in [0, 0.05) is 12.6 Å². The van der Waals surface area contributed by atoms with Gasteiger partial charge in [-0.15, -0.1) is 0 Å². The molecule has 3 aliphatic rings. The van der Waals surface area contributed by atoms with Crippen molar-refractivity contribution in [2.45, 2.75) is 32.2 Å². The summed E-state index contributed by atoms with van der Waals surface area (Å²) >= 11 is 0. The van der Waals surface area contributed by atoms with Gasteiger partial charge in [0.1, 0.15) is 0 Å². The van der Waals surface area contributed by atoms with Crippen molar-refractivity contribution in [2.24, 2.45) is 23.7 Å². The third-order valence-corrected chi connectivity index (χ3v) is 5.17. The van der Waals surface area contributed by atoms with Gasteiger partial charge in [-0.3, -0.25) is 9.59 Å². The minimum Gasteiger partial charge on any atom is -0.481 e. The van der Waals surface area contributed by atoms with Crippen LogP contribution >= 0.6 is 0 Å². The minimum atomic E-state index is -0.834. The van der Waals surface area contributed by atoms with E-state index in [9.17, 15) is 14.7 Å². The fraction of sp³-hybridized carbons (Fsp3) is 0.750. The Hall–Kier alpha value is -1.36. The van der Waals surface area contributed by atoms with Crippen molar-refractivity contribution >= 4 is 11.9 Å². The highest BCUT2D eigenvalue weighted by Gasteiger charge is 2.51. The molecule has 1 saturated carbocycles. The summed E-state index contributed by atoms with van der Waals surface area (Å²) < 4.78 is 0. The highest BCUT2D eigenvalue weighted by molar-refractivity contribution is 5.87. The Labute approximate surface area is 125 Å². The van der Waals surface area contributed by atoms with Crippen molar-refractivity contribution in [2.75, 3.05) is 19.6 Å². The van der Waals surface area contributed by atoms with E-state index < -0.39 is 17.8 Å². The highest BCUT2D eigenvalue weighted by atomic mass is 16.4. The van der Waals surface area contributed by atoms with Gasteiger partial charge in [-0.2, -0.15) is 0 Å². The van der Waals surface area contributed by atoms with Gasteiger partial charge in [-0.05, 0) is 51.1 Å². The smallest absolute Gasteiger partial charge is 0.307 e. The number of carboxylic acids is 1. The van der Waals surface area contributed by atoms with Crippen molar-refractivity contribution < 1.29 is 14.7 Å². The molecule has 1 heterocycles. The van der Waals surface area contributed by atoms with Crippen LogP contribution in [0, 0.1) is 23.7 Å². The molecule has 1 amide bonds. The summed E-state index contributed by atoms with van der Waals surface area (Å²) in [5.41, 5.74) is 0. The molecular weight excluding hydrogens is 268 g/mol. The summed E-state index contributed by atoms with van der Waals surface area (Å²) in [4.78, 5) is 26.3. The Balaban J connectivity index is 1.59. The summed E-state index contributed by atoms with van der Waals surface area (Å²) in [6.45, 7) is 5.08. The molecule has 0 aromatic rings. The molecule has 2 fully saturated rings. The summed E-state index contributed by atoms with van der Waals surface area (Å²) in [7, 11) is 0. The van der Waals surface area contributed by atoms with Gasteiger partial charge in [-0.1, -0.05) is 12.2 Å². The zero-order valence-electron chi connectivity index (χ0n) is 12.5. The first-order chi connectivity index (χ1) is 10.1. The zero-order chi connectivity index (χ0) is 15.0. The number of allylic oxidation sites excluding steroid dienone is 2. The Morgan fingerprint density at radius 3 is 2.48 bits per heavy atom. The highest BCUT2D eigenvalue weighted by Crippen LogP contribution is 2.48. The number of likely N-dealkylation sites (tertiary alicyclic amines) is 1. The van der Waals surface area contributed by atoms with Crippen molar-refractivity contribution in [3.05, 3.63) is 12.2 Å². The van der Waals surface area contributed by atoms with E-state index in [1.807, 2.05) is 19.1 Å². The van der Waals surface area contributed by atoms with Crippen LogP contribution in [-0.2, 0) is 9.59 Å². The molecule has 0 spiro atoms. The number of nitrogens with one attached hydrogen (secondary N) is 1. The number of amides is 1. The normalized spacial score (nSPS) is 36.0. The van der Waals surface area contributed by atoms with Crippen molar-refractivity contribution in [3.8, 4) is 0 Å². The molecule has 5 nitrogen and oxygen atoms in total. The van der Waals surface area contributed by atoms with Gasteiger partial charge in [0.2, 0.25) is 5.91 Å². The van der Waals surface area contributed by atoms with E-state index in [4.69, 9.17) is 0 Å². The second kappa shape index (κ2) is 5.79. The summed E-state index contributed by atoms with van der Waals surface area (Å²) in [5, 5.41) is 12.4. The van der Waals surface area contributed by atoms with Crippen LogP contribution in [-0.4, -0.2) is 47.6 Å². The molecule has 3 rings (SSSR count). The molecule has 2 bridgehead atoms. The second-order valence-electron chi connectivity index (χ2n) is 6.76. The summed E-state index contributed by atoms with van der Waals surface area (Å²) in [6, 6.07) is 0.0770. The molecular formula is C16H24N2O3. The first-order valence-corrected chi connectivity index (χ1v) is 8.00. The molecule has 0 aromatic carbocycles. The lowest BCUT2D eigenvalue weighted by atomic mass is 9.82. The van der Waals surface area contributed by atoms with Crippen LogP contribution in [0.3, 0.4) is 0 Å². The molecule has 2 N–H and O–H groups in total. The molecule has 5 unspecified atom stereocenters. The molecule has 1 saturated heterocycles. The molecule has 0 radical (unpaired) electrons. The average molecular weight is 292 g/mol. The monoisotopic (exact) mass is 292 g/mol. The van der Waals surface area contributed by atoms with Gasteiger partial charge in [0.05, 0.1) is 11.8 Å². The molecule has 116 valence electrons. The van der Waals surface area contributed by atoms with Gasteiger partial charge in [0.25, 0.3) is 0 Å². The number of hydrogen-bond donors (Lipinski definition) is 2. The van der Waals surface area contributed by atoms with E-state index in [0.717, 1.165) is 26.1 Å². The number of carbonyl (C=O) groups excluding carboxylic acids is 1. The third-order valence-electron chi connectivity index (χ3n) is 5.17. The molecule has 1 aliphatic heterocycles. The van der Waals surface area contributed by atoms with Gasteiger partial charge < -0.3 is 15.3 Å². The molecule has 21 heavy (non-hydrogen) atoms. The van der Waals surface area contributed by atoms with Crippen LogP contribution in [0.25, 0.3) is 0 Å². The number of fused-ring (bicyclic) bond motifs is 2. The molecule has 0 aromatic heterocycles. The Morgan fingerprint density at radius 2 is 1.86 bits per heavy atom. The molecule has 5 atom stereocenters. The SMILES string of the molecule is CC(CN1CCCC1)NC(=O)C1C2C=CC(C2)C1C(=O)O. The number of rotatable bonds is 5. The molecule has 5 heteroatoms. The van der Waals surface area contributed by atoms with E-state index in [2.05, 4.69) is 10.2 Å². The van der Waals surface area contributed by atoms with Crippen LogP contribution < -0.4 is 5.32 Å². The van der Waals surface area contributed by atoms with Gasteiger partial charge in [0.15, 0.2) is 0 Å². The minimum absolute atomic E-state index is 0.0390. The zero-order valence-corrected chi connectivity index (χ0v) is 12.5. The first-order valence-electron chi connectivity index (χ1n) is 8.00. The van der Waals surface area contributed by atoms with Crippen LogP contribution in [0.15, 0.2) is 12.2 Å². The number of hydrogen-bond acceptors (Lipinski definition) is 3. The summed E-state index contributed by atoms with van der Waals surface area (Å²) in [5.74, 6) is -1.70. The lowest BCUT2D eigenvalue weighted by Gasteiger charge is -2.27. The van der Waals surface area contributed by atoms with E-state index in [1.54, 1.807) is 0 Å². The Kier molecular flexibility index (Phi) is 4.02. The summed E-state index contributed by atoms with van der Waals surface area (Å²) in [6.07, 6.45) is 7.29. The number of carboxylic acid groups (broad SMARTS) is 1. The van der Waals surface area contributed by atoms with Crippen LogP contribution in [0.4, 0.5) is 0 Å². The van der Waals surface area contributed by atoms with E-state index in [1.165, 1.54) is 12.8 Å². The van der Waals surface area contributed by atoms with E-state index >= 15 is 0 Å². The third kappa shape index (κ3) is 2.84. The van der Waals surface area contributed by atoms with Crippen LogP contribution in [0.5, 0.6) is 0 Å². The topological polar surface area (TPSA) is 69.6 Å². The quantitative estimate of drug-likeness (QED) is 0.745. The van der Waals surface area contributed by atoms with Gasteiger partial charge in [-0.25, -0.2) is 0 Å². The lowest BCUT2D eigenvalue weighted by molar-refractivity contribution is -0.148. The van der Waals surface area contributed by atoms with Crippen LogP contribution in [0.2, 0.25) is 0 Å². The van der Waals surface area contributed by atoms with E-state index in [-0.39, 0.29) is 23.8 Å². The maximum absolute atomic E-state index is 12.5. The number of carbonyl (C=O) groups is 2. The van der Waals surface area contributed by atoms with E-state index in [0.29, 0.717) is 0 Å². The molecule has 2 aliphatic carbocycles. The maximum Gasteiger partial charge on any atom is 0.307 e. The average Bonchev–Trinajstić information content (AvgIpc) is 3.13. The second-order valence-corrected chi connectivity index (χ2v) is 6.76. The predicted octanol–water partition coefficient (Wildman–Crippen LogP) is 1.11. The Morgan fingerprint density at radius 1 is 1.24 bits per heavy atom. The Bertz CT molecular complexity index is 456.